The van der Waals surface area contributed by atoms with E-state index < -0.39 is 11.4 Å². The Hall–Kier alpha value is -0.900. The lowest BCUT2D eigenvalue weighted by Gasteiger charge is -2.32. The first-order chi connectivity index (χ1) is 6.91. The van der Waals surface area contributed by atoms with E-state index in [-0.39, 0.29) is 18.0 Å². The Morgan fingerprint density at radius 3 is 2.80 bits per heavy atom. The Morgan fingerprint density at radius 1 is 1.47 bits per heavy atom. The lowest BCUT2D eigenvalue weighted by atomic mass is 9.93. The molecule has 2 nitrogen and oxygen atoms in total. The maximum absolute atomic E-state index is 13.5. The van der Waals surface area contributed by atoms with Gasteiger partial charge in [0.2, 0.25) is 0 Å². The minimum absolute atomic E-state index is 0.0608. The first-order valence-corrected chi connectivity index (χ1v) is 5.40. The molecule has 0 amide bonds. The van der Waals surface area contributed by atoms with Gasteiger partial charge in [-0.3, -0.25) is 4.79 Å². The number of benzene rings is 1. The third kappa shape index (κ3) is 1.78. The smallest absolute Gasteiger partial charge is 0.171 e. The van der Waals surface area contributed by atoms with Crippen LogP contribution in [0, 0.1) is 5.82 Å². The molecule has 0 N–H and O–H groups in total. The summed E-state index contributed by atoms with van der Waals surface area (Å²) >= 11 is 3.23. The van der Waals surface area contributed by atoms with Crippen LogP contribution < -0.4 is 4.74 Å². The van der Waals surface area contributed by atoms with E-state index in [1.165, 1.54) is 12.1 Å². The average Bonchev–Trinajstić information content (AvgIpc) is 2.09. The number of halogens is 2. The highest BCUT2D eigenvalue weighted by Crippen LogP contribution is 2.38. The molecular formula is C11H10BrFO2. The van der Waals surface area contributed by atoms with Crippen molar-refractivity contribution < 1.29 is 13.9 Å². The monoisotopic (exact) mass is 272 g/mol. The molecule has 0 saturated heterocycles. The Balaban J connectivity index is 2.64. The van der Waals surface area contributed by atoms with Crippen LogP contribution in [0.4, 0.5) is 4.39 Å². The van der Waals surface area contributed by atoms with Crippen LogP contribution in [-0.2, 0) is 0 Å². The molecule has 0 saturated carbocycles. The second-order valence-corrected chi connectivity index (χ2v) is 5.05. The van der Waals surface area contributed by atoms with Gasteiger partial charge in [0.25, 0.3) is 0 Å². The summed E-state index contributed by atoms with van der Waals surface area (Å²) in [7, 11) is 0. The fourth-order valence-corrected chi connectivity index (χ4v) is 2.21. The van der Waals surface area contributed by atoms with Gasteiger partial charge in [0.1, 0.15) is 5.60 Å². The normalized spacial score (nSPS) is 18.3. The molecule has 1 aliphatic rings. The maximum atomic E-state index is 13.5. The number of hydrogen-bond acceptors (Lipinski definition) is 2. The number of carbonyl (C=O) groups is 1. The van der Waals surface area contributed by atoms with Crippen molar-refractivity contribution in [1.82, 2.24) is 0 Å². The second-order valence-electron chi connectivity index (χ2n) is 4.20. The van der Waals surface area contributed by atoms with E-state index in [1.807, 2.05) is 0 Å². The maximum Gasteiger partial charge on any atom is 0.171 e. The Kier molecular flexibility index (Phi) is 2.34. The summed E-state index contributed by atoms with van der Waals surface area (Å²) in [5.74, 6) is -0.521. The molecule has 0 bridgehead atoms. The van der Waals surface area contributed by atoms with Crippen LogP contribution in [0.3, 0.4) is 0 Å². The SMILES string of the molecule is CC1(C)CC(=O)c2c(Br)ccc(F)c2O1. The van der Waals surface area contributed by atoms with Gasteiger partial charge in [-0.15, -0.1) is 0 Å². The summed E-state index contributed by atoms with van der Waals surface area (Å²) in [4.78, 5) is 11.8. The van der Waals surface area contributed by atoms with Gasteiger partial charge in [-0.2, -0.15) is 0 Å². The molecule has 1 aromatic carbocycles. The molecule has 80 valence electrons. The van der Waals surface area contributed by atoms with Crippen LogP contribution in [0.5, 0.6) is 5.75 Å². The lowest BCUT2D eigenvalue weighted by molar-refractivity contribution is 0.0592. The highest BCUT2D eigenvalue weighted by Gasteiger charge is 2.35. The first kappa shape index (κ1) is 10.6. The summed E-state index contributed by atoms with van der Waals surface area (Å²) in [6.07, 6.45) is 0.266. The zero-order chi connectivity index (χ0) is 11.2. The van der Waals surface area contributed by atoms with Crippen LogP contribution in [0.15, 0.2) is 16.6 Å². The van der Waals surface area contributed by atoms with Gasteiger partial charge < -0.3 is 4.74 Å². The Morgan fingerprint density at radius 2 is 2.13 bits per heavy atom. The van der Waals surface area contributed by atoms with E-state index in [1.54, 1.807) is 13.8 Å². The third-order valence-electron chi connectivity index (χ3n) is 2.30. The molecule has 0 radical (unpaired) electrons. The predicted molar refractivity (Wildman–Crippen MR) is 57.8 cm³/mol. The standard InChI is InChI=1S/C11H10BrFO2/c1-11(2)5-8(14)9-6(12)3-4-7(13)10(9)15-11/h3-4H,5H2,1-2H3. The number of rotatable bonds is 0. The van der Waals surface area contributed by atoms with E-state index in [0.717, 1.165) is 0 Å². The average molecular weight is 273 g/mol. The molecule has 0 spiro atoms. The van der Waals surface area contributed by atoms with Crippen LogP contribution in [0.1, 0.15) is 30.6 Å². The van der Waals surface area contributed by atoms with E-state index in [4.69, 9.17) is 4.74 Å². The van der Waals surface area contributed by atoms with Gasteiger partial charge in [0.05, 0.1) is 12.0 Å². The molecule has 0 unspecified atom stereocenters. The summed E-state index contributed by atoms with van der Waals surface area (Å²) in [5.41, 5.74) is -0.319. The first-order valence-electron chi connectivity index (χ1n) is 4.61. The van der Waals surface area contributed by atoms with Crippen molar-refractivity contribution in [1.29, 1.82) is 0 Å². The van der Waals surface area contributed by atoms with Gasteiger partial charge in [-0.25, -0.2) is 4.39 Å². The highest BCUT2D eigenvalue weighted by atomic mass is 79.9. The molecule has 1 heterocycles. The van der Waals surface area contributed by atoms with E-state index in [0.29, 0.717) is 10.0 Å². The topological polar surface area (TPSA) is 26.3 Å². The second kappa shape index (κ2) is 3.30. The molecule has 0 atom stereocenters. The van der Waals surface area contributed by atoms with Crippen LogP contribution in [-0.4, -0.2) is 11.4 Å². The molecule has 4 heteroatoms. The van der Waals surface area contributed by atoms with Crippen molar-refractivity contribution in [3.63, 3.8) is 0 Å². The number of fused-ring (bicyclic) bond motifs is 1. The zero-order valence-corrected chi connectivity index (χ0v) is 10.0. The quantitative estimate of drug-likeness (QED) is 0.724. The lowest BCUT2D eigenvalue weighted by Crippen LogP contribution is -2.36. The van der Waals surface area contributed by atoms with E-state index in [2.05, 4.69) is 15.9 Å². The largest absolute Gasteiger partial charge is 0.484 e. The zero-order valence-electron chi connectivity index (χ0n) is 8.43. The molecule has 15 heavy (non-hydrogen) atoms. The van der Waals surface area contributed by atoms with Crippen LogP contribution >= 0.6 is 15.9 Å². The number of ketones is 1. The summed E-state index contributed by atoms with van der Waals surface area (Å²) < 4.78 is 19.5. The van der Waals surface area contributed by atoms with Crippen molar-refractivity contribution in [2.45, 2.75) is 25.9 Å². The summed E-state index contributed by atoms with van der Waals surface area (Å²) in [5, 5.41) is 0. The number of hydrogen-bond donors (Lipinski definition) is 0. The Labute approximate surface area is 95.6 Å². The van der Waals surface area contributed by atoms with Crippen LogP contribution in [0.25, 0.3) is 0 Å². The summed E-state index contributed by atoms with van der Waals surface area (Å²) in [6.45, 7) is 3.54. The minimum atomic E-state index is -0.633. The molecule has 2 rings (SSSR count). The van der Waals surface area contributed by atoms with Gasteiger partial charge in [0, 0.05) is 4.47 Å². The number of Topliss-reactive ketones (excluding diaryl/α,β-unsaturated/α-hetero) is 1. The predicted octanol–water partition coefficient (Wildman–Crippen LogP) is 3.33. The minimum Gasteiger partial charge on any atom is -0.484 e. The molecule has 0 fully saturated rings. The molecular weight excluding hydrogens is 263 g/mol. The molecule has 1 aromatic rings. The van der Waals surface area contributed by atoms with E-state index in [9.17, 15) is 9.18 Å². The van der Waals surface area contributed by atoms with Crippen molar-refractivity contribution >= 4 is 21.7 Å². The van der Waals surface area contributed by atoms with Gasteiger partial charge in [-0.05, 0) is 41.9 Å². The van der Waals surface area contributed by atoms with Gasteiger partial charge in [-0.1, -0.05) is 0 Å². The van der Waals surface area contributed by atoms with Gasteiger partial charge in [0.15, 0.2) is 17.3 Å². The fourth-order valence-electron chi connectivity index (χ4n) is 1.68. The van der Waals surface area contributed by atoms with Crippen molar-refractivity contribution in [3.05, 3.63) is 28.0 Å². The molecule has 0 aromatic heterocycles. The summed E-state index contributed by atoms with van der Waals surface area (Å²) in [6, 6.07) is 2.81. The van der Waals surface area contributed by atoms with Crippen molar-refractivity contribution in [3.8, 4) is 5.75 Å². The van der Waals surface area contributed by atoms with Gasteiger partial charge >= 0.3 is 0 Å². The Bertz CT molecular complexity index is 440. The van der Waals surface area contributed by atoms with E-state index >= 15 is 0 Å². The molecule has 1 aliphatic heterocycles. The highest BCUT2D eigenvalue weighted by molar-refractivity contribution is 9.10. The fraction of sp³-hybridized carbons (Fsp3) is 0.364. The van der Waals surface area contributed by atoms with Crippen LogP contribution in [0.2, 0.25) is 0 Å². The van der Waals surface area contributed by atoms with Crippen molar-refractivity contribution in [2.75, 3.05) is 0 Å². The third-order valence-corrected chi connectivity index (χ3v) is 2.96. The number of carbonyl (C=O) groups excluding carboxylic acids is 1. The number of ether oxygens (including phenoxy) is 1. The van der Waals surface area contributed by atoms with Crippen molar-refractivity contribution in [2.24, 2.45) is 0 Å². The molecule has 0 aliphatic carbocycles.